The molecule has 1 aliphatic heterocycles. The SMILES string of the molecule is COc1ccccc1CCNC(=O)C1CC12CCN(CCC(C)c1ccccc1)CC2. The molecule has 31 heavy (non-hydrogen) atoms. The second kappa shape index (κ2) is 9.86. The molecule has 1 N–H and O–H groups in total. The molecule has 1 amide bonds. The maximum absolute atomic E-state index is 12.7. The third kappa shape index (κ3) is 5.30. The van der Waals surface area contributed by atoms with Crippen LogP contribution in [0.3, 0.4) is 0 Å². The average Bonchev–Trinajstić information content (AvgIpc) is 3.52. The van der Waals surface area contributed by atoms with E-state index < -0.39 is 0 Å². The fraction of sp³-hybridized carbons (Fsp3) is 0.519. The highest BCUT2D eigenvalue weighted by Gasteiger charge is 2.58. The van der Waals surface area contributed by atoms with E-state index in [1.54, 1.807) is 7.11 Å². The highest BCUT2D eigenvalue weighted by molar-refractivity contribution is 5.82. The van der Waals surface area contributed by atoms with Crippen molar-refractivity contribution in [2.75, 3.05) is 33.3 Å². The average molecular weight is 421 g/mol. The first-order valence-corrected chi connectivity index (χ1v) is 11.8. The number of rotatable bonds is 9. The molecule has 0 aromatic heterocycles. The molecule has 2 aromatic carbocycles. The Morgan fingerprint density at radius 2 is 1.84 bits per heavy atom. The highest BCUT2D eigenvalue weighted by Crippen LogP contribution is 2.59. The second-order valence-electron chi connectivity index (χ2n) is 9.41. The van der Waals surface area contributed by atoms with Crippen molar-refractivity contribution in [3.05, 3.63) is 65.7 Å². The fourth-order valence-corrected chi connectivity index (χ4v) is 5.17. The molecule has 2 aliphatic rings. The Hall–Kier alpha value is -2.33. The van der Waals surface area contributed by atoms with Crippen LogP contribution in [-0.4, -0.2) is 44.1 Å². The number of carbonyl (C=O) groups is 1. The van der Waals surface area contributed by atoms with Crippen molar-refractivity contribution in [1.29, 1.82) is 0 Å². The Kier molecular flexibility index (Phi) is 6.96. The van der Waals surface area contributed by atoms with E-state index in [9.17, 15) is 4.79 Å². The van der Waals surface area contributed by atoms with Gasteiger partial charge in [0.1, 0.15) is 5.75 Å². The van der Waals surface area contributed by atoms with Gasteiger partial charge in [-0.3, -0.25) is 4.79 Å². The number of carbonyl (C=O) groups excluding carboxylic acids is 1. The highest BCUT2D eigenvalue weighted by atomic mass is 16.5. The van der Waals surface area contributed by atoms with Crippen LogP contribution in [0, 0.1) is 11.3 Å². The third-order valence-corrected chi connectivity index (χ3v) is 7.49. The fourth-order valence-electron chi connectivity index (χ4n) is 5.17. The first-order chi connectivity index (χ1) is 15.1. The lowest BCUT2D eigenvalue weighted by atomic mass is 9.90. The largest absolute Gasteiger partial charge is 0.496 e. The van der Waals surface area contributed by atoms with Crippen LogP contribution in [0.15, 0.2) is 54.6 Å². The molecule has 4 heteroatoms. The molecule has 1 spiro atoms. The molecular weight excluding hydrogens is 384 g/mol. The van der Waals surface area contributed by atoms with Crippen LogP contribution in [0.2, 0.25) is 0 Å². The monoisotopic (exact) mass is 420 g/mol. The summed E-state index contributed by atoms with van der Waals surface area (Å²) in [7, 11) is 1.69. The van der Waals surface area contributed by atoms with E-state index in [0.29, 0.717) is 12.5 Å². The molecule has 1 heterocycles. The van der Waals surface area contributed by atoms with Crippen molar-refractivity contribution in [1.82, 2.24) is 10.2 Å². The van der Waals surface area contributed by atoms with E-state index in [4.69, 9.17) is 4.74 Å². The maximum atomic E-state index is 12.7. The summed E-state index contributed by atoms with van der Waals surface area (Å²) in [4.78, 5) is 15.3. The zero-order valence-corrected chi connectivity index (χ0v) is 19.0. The Morgan fingerprint density at radius 3 is 2.58 bits per heavy atom. The Labute approximate surface area is 187 Å². The topological polar surface area (TPSA) is 41.6 Å². The van der Waals surface area contributed by atoms with Crippen LogP contribution in [0.25, 0.3) is 0 Å². The predicted molar refractivity (Wildman–Crippen MR) is 125 cm³/mol. The van der Waals surface area contributed by atoms with Crippen molar-refractivity contribution < 1.29 is 9.53 Å². The van der Waals surface area contributed by atoms with Crippen LogP contribution >= 0.6 is 0 Å². The lowest BCUT2D eigenvalue weighted by Gasteiger charge is -2.33. The number of hydrogen-bond acceptors (Lipinski definition) is 3. The summed E-state index contributed by atoms with van der Waals surface area (Å²) < 4.78 is 5.40. The molecule has 1 aliphatic carbocycles. The molecule has 4 rings (SSSR count). The summed E-state index contributed by atoms with van der Waals surface area (Å²) in [6, 6.07) is 18.8. The predicted octanol–water partition coefficient (Wildman–Crippen LogP) is 4.65. The molecule has 2 unspecified atom stereocenters. The molecule has 2 fully saturated rings. The molecule has 2 atom stereocenters. The number of para-hydroxylation sites is 1. The van der Waals surface area contributed by atoms with E-state index in [2.05, 4.69) is 53.5 Å². The van der Waals surface area contributed by atoms with Gasteiger partial charge < -0.3 is 15.0 Å². The zero-order chi connectivity index (χ0) is 21.7. The summed E-state index contributed by atoms with van der Waals surface area (Å²) in [6.07, 6.45) is 5.41. The summed E-state index contributed by atoms with van der Waals surface area (Å²) in [5, 5.41) is 3.18. The van der Waals surface area contributed by atoms with Gasteiger partial charge in [0.15, 0.2) is 0 Å². The lowest BCUT2D eigenvalue weighted by Crippen LogP contribution is -2.38. The van der Waals surface area contributed by atoms with E-state index >= 15 is 0 Å². The molecule has 0 bridgehead atoms. The summed E-state index contributed by atoms with van der Waals surface area (Å²) >= 11 is 0. The summed E-state index contributed by atoms with van der Waals surface area (Å²) in [6.45, 7) is 6.42. The van der Waals surface area contributed by atoms with Crippen LogP contribution in [0.5, 0.6) is 5.75 Å². The maximum Gasteiger partial charge on any atom is 0.223 e. The normalized spacial score (nSPS) is 20.9. The molecule has 2 aromatic rings. The quantitative estimate of drug-likeness (QED) is 0.642. The van der Waals surface area contributed by atoms with Crippen LogP contribution in [-0.2, 0) is 11.2 Å². The van der Waals surface area contributed by atoms with Crippen molar-refractivity contribution in [2.45, 2.75) is 44.9 Å². The number of ether oxygens (including phenoxy) is 1. The van der Waals surface area contributed by atoms with Gasteiger partial charge in [0.05, 0.1) is 7.11 Å². The minimum atomic E-state index is 0.218. The van der Waals surface area contributed by atoms with E-state index in [0.717, 1.165) is 56.6 Å². The van der Waals surface area contributed by atoms with Gasteiger partial charge in [0.2, 0.25) is 5.91 Å². The van der Waals surface area contributed by atoms with Gasteiger partial charge in [0, 0.05) is 12.5 Å². The molecule has 0 radical (unpaired) electrons. The Bertz CT molecular complexity index is 859. The lowest BCUT2D eigenvalue weighted by molar-refractivity contribution is -0.123. The van der Waals surface area contributed by atoms with Gasteiger partial charge in [-0.2, -0.15) is 0 Å². The third-order valence-electron chi connectivity index (χ3n) is 7.49. The Balaban J connectivity index is 1.17. The minimum absolute atomic E-state index is 0.218. The van der Waals surface area contributed by atoms with Crippen molar-refractivity contribution in [3.8, 4) is 5.75 Å². The number of likely N-dealkylation sites (tertiary alicyclic amines) is 1. The molecule has 1 saturated heterocycles. The first-order valence-electron chi connectivity index (χ1n) is 11.8. The number of nitrogens with one attached hydrogen (secondary N) is 1. The van der Waals surface area contributed by atoms with E-state index in [-0.39, 0.29) is 17.2 Å². The second-order valence-corrected chi connectivity index (χ2v) is 9.41. The molecule has 1 saturated carbocycles. The van der Waals surface area contributed by atoms with Gasteiger partial charge in [-0.25, -0.2) is 0 Å². The van der Waals surface area contributed by atoms with Gasteiger partial charge >= 0.3 is 0 Å². The van der Waals surface area contributed by atoms with Crippen molar-refractivity contribution in [3.63, 3.8) is 0 Å². The smallest absolute Gasteiger partial charge is 0.223 e. The zero-order valence-electron chi connectivity index (χ0n) is 19.0. The summed E-state index contributed by atoms with van der Waals surface area (Å²) in [5.74, 6) is 1.96. The van der Waals surface area contributed by atoms with E-state index in [1.807, 2.05) is 18.2 Å². The first kappa shape index (κ1) is 21.9. The standard InChI is InChI=1S/C27H36N2O2/c1-21(22-8-4-3-5-9-22)13-17-29-18-14-27(15-19-29)20-24(27)26(30)28-16-12-23-10-6-7-11-25(23)31-2/h3-11,21,24H,12-20H2,1-2H3,(H,28,30). The van der Waals surface area contributed by atoms with Gasteiger partial charge in [-0.05, 0) is 80.3 Å². The van der Waals surface area contributed by atoms with E-state index in [1.165, 1.54) is 12.0 Å². The molecular formula is C27H36N2O2. The number of nitrogens with zero attached hydrogens (tertiary/aromatic N) is 1. The van der Waals surface area contributed by atoms with Crippen LogP contribution in [0.1, 0.15) is 49.7 Å². The van der Waals surface area contributed by atoms with Gasteiger partial charge in [0.25, 0.3) is 0 Å². The summed E-state index contributed by atoms with van der Waals surface area (Å²) in [5.41, 5.74) is 2.85. The number of benzene rings is 2. The molecule has 4 nitrogen and oxygen atoms in total. The number of hydrogen-bond donors (Lipinski definition) is 1. The number of methoxy groups -OCH3 is 1. The van der Waals surface area contributed by atoms with Crippen LogP contribution < -0.4 is 10.1 Å². The van der Waals surface area contributed by atoms with Crippen molar-refractivity contribution in [2.24, 2.45) is 11.3 Å². The minimum Gasteiger partial charge on any atom is -0.496 e. The Morgan fingerprint density at radius 1 is 1.13 bits per heavy atom. The molecule has 166 valence electrons. The van der Waals surface area contributed by atoms with Gasteiger partial charge in [-0.1, -0.05) is 55.5 Å². The number of amides is 1. The van der Waals surface area contributed by atoms with Crippen molar-refractivity contribution >= 4 is 5.91 Å². The van der Waals surface area contributed by atoms with Gasteiger partial charge in [-0.15, -0.1) is 0 Å². The van der Waals surface area contributed by atoms with Crippen LogP contribution in [0.4, 0.5) is 0 Å². The number of piperidine rings is 1.